The Labute approximate surface area is 139 Å². The van der Waals surface area contributed by atoms with Crippen LogP contribution in [0.4, 0.5) is 0 Å². The molecule has 0 aliphatic rings. The average molecular weight is 323 g/mol. The number of carbonyl (C=O) groups excluding carboxylic acids is 1. The molecule has 0 saturated carbocycles. The summed E-state index contributed by atoms with van der Waals surface area (Å²) in [5.41, 5.74) is 2.15. The largest absolute Gasteiger partial charge is 0.465 e. The number of carbonyl (C=O) groups is 1. The molecule has 0 saturated heterocycles. The molecule has 1 aromatic heterocycles. The molecule has 1 N–H and O–H groups in total. The number of rotatable bonds is 5. The van der Waals surface area contributed by atoms with Crippen molar-refractivity contribution in [1.29, 1.82) is 0 Å². The minimum Gasteiger partial charge on any atom is -0.465 e. The molecule has 0 fully saturated rings. The molecule has 6 nitrogen and oxygen atoms in total. The van der Waals surface area contributed by atoms with Crippen molar-refractivity contribution in [1.82, 2.24) is 14.8 Å². The molecule has 2 aromatic carbocycles. The molecular formula is C18H17N3O3. The number of benzene rings is 2. The topological polar surface area (TPSA) is 77.2 Å². The summed E-state index contributed by atoms with van der Waals surface area (Å²) in [7, 11) is 1.33. The third-order valence-electron chi connectivity index (χ3n) is 3.73. The Kier molecular flexibility index (Phi) is 4.67. The van der Waals surface area contributed by atoms with Gasteiger partial charge in [-0.2, -0.15) is 0 Å². The Hall–Kier alpha value is -2.99. The van der Waals surface area contributed by atoms with Crippen LogP contribution in [0, 0.1) is 0 Å². The Morgan fingerprint density at radius 2 is 1.88 bits per heavy atom. The fraction of sp³-hybridized carbons (Fsp3) is 0.167. The summed E-state index contributed by atoms with van der Waals surface area (Å²) in [6.07, 6.45) is 0.664. The highest BCUT2D eigenvalue weighted by atomic mass is 16.5. The predicted molar refractivity (Wildman–Crippen MR) is 87.4 cm³/mol. The van der Waals surface area contributed by atoms with Crippen molar-refractivity contribution in [3.8, 4) is 0 Å². The fourth-order valence-corrected chi connectivity index (χ4v) is 2.45. The zero-order valence-corrected chi connectivity index (χ0v) is 13.2. The number of ether oxygens (including phenoxy) is 1. The molecule has 24 heavy (non-hydrogen) atoms. The predicted octanol–water partition coefficient (Wildman–Crippen LogP) is 2.19. The van der Waals surface area contributed by atoms with Crippen LogP contribution in [0.25, 0.3) is 0 Å². The van der Waals surface area contributed by atoms with Crippen LogP contribution in [0.3, 0.4) is 0 Å². The lowest BCUT2D eigenvalue weighted by atomic mass is 10.1. The Balaban J connectivity index is 1.82. The maximum Gasteiger partial charge on any atom is 0.337 e. The van der Waals surface area contributed by atoms with Crippen LogP contribution in [0.2, 0.25) is 0 Å². The van der Waals surface area contributed by atoms with Gasteiger partial charge in [-0.3, -0.25) is 0 Å². The maximum absolute atomic E-state index is 11.5. The van der Waals surface area contributed by atoms with Crippen molar-refractivity contribution in [2.24, 2.45) is 0 Å². The van der Waals surface area contributed by atoms with E-state index >= 15 is 0 Å². The molecule has 0 radical (unpaired) electrons. The summed E-state index contributed by atoms with van der Waals surface area (Å²) in [5, 5.41) is 18.5. The van der Waals surface area contributed by atoms with Gasteiger partial charge >= 0.3 is 5.97 Å². The average Bonchev–Trinajstić information content (AvgIpc) is 3.09. The molecular weight excluding hydrogens is 306 g/mol. The first-order chi connectivity index (χ1) is 11.7. The Morgan fingerprint density at radius 1 is 1.17 bits per heavy atom. The van der Waals surface area contributed by atoms with Crippen LogP contribution in [-0.4, -0.2) is 33.0 Å². The van der Waals surface area contributed by atoms with Gasteiger partial charge < -0.3 is 14.4 Å². The number of hydrogen-bond donors (Lipinski definition) is 1. The second kappa shape index (κ2) is 7.06. The second-order valence-electron chi connectivity index (χ2n) is 5.32. The quantitative estimate of drug-likeness (QED) is 0.728. The van der Waals surface area contributed by atoms with Crippen LogP contribution in [0.15, 0.2) is 60.9 Å². The SMILES string of the molecule is COC(=O)c1ccc([C@@H](O)c2nncn2Cc2ccccc2)cc1. The van der Waals surface area contributed by atoms with Gasteiger partial charge in [0.1, 0.15) is 12.4 Å². The van der Waals surface area contributed by atoms with Gasteiger partial charge in [0.05, 0.1) is 19.2 Å². The summed E-state index contributed by atoms with van der Waals surface area (Å²) in [6.45, 7) is 0.570. The van der Waals surface area contributed by atoms with Gasteiger partial charge in [0.15, 0.2) is 5.82 Å². The lowest BCUT2D eigenvalue weighted by molar-refractivity contribution is 0.0600. The van der Waals surface area contributed by atoms with Crippen molar-refractivity contribution in [3.63, 3.8) is 0 Å². The minimum absolute atomic E-state index is 0.414. The molecule has 3 rings (SSSR count). The van der Waals surface area contributed by atoms with Gasteiger partial charge in [-0.15, -0.1) is 10.2 Å². The van der Waals surface area contributed by atoms with Crippen LogP contribution in [0.1, 0.15) is 33.4 Å². The van der Waals surface area contributed by atoms with Crippen molar-refractivity contribution < 1.29 is 14.6 Å². The molecule has 0 unspecified atom stereocenters. The summed E-state index contributed by atoms with van der Waals surface area (Å²) in [6, 6.07) is 16.5. The molecule has 0 spiro atoms. The van der Waals surface area contributed by atoms with Gasteiger partial charge in [0, 0.05) is 0 Å². The van der Waals surface area contributed by atoms with E-state index < -0.39 is 12.1 Å². The number of aliphatic hydroxyl groups is 1. The van der Waals surface area contributed by atoms with E-state index in [0.717, 1.165) is 5.56 Å². The van der Waals surface area contributed by atoms with Gasteiger partial charge in [-0.05, 0) is 23.3 Å². The summed E-state index contributed by atoms with van der Waals surface area (Å²) < 4.78 is 6.47. The molecule has 0 bridgehead atoms. The smallest absolute Gasteiger partial charge is 0.337 e. The van der Waals surface area contributed by atoms with Gasteiger partial charge in [-0.1, -0.05) is 42.5 Å². The van der Waals surface area contributed by atoms with E-state index in [0.29, 0.717) is 23.5 Å². The number of methoxy groups -OCH3 is 1. The van der Waals surface area contributed by atoms with Gasteiger partial charge in [0.2, 0.25) is 0 Å². The number of hydrogen-bond acceptors (Lipinski definition) is 5. The standard InChI is InChI=1S/C18H17N3O3/c1-24-18(23)15-9-7-14(8-10-15)16(22)17-20-19-12-21(17)11-13-5-3-2-4-6-13/h2-10,12,16,22H,11H2,1H3/t16-/m1/s1. The third kappa shape index (κ3) is 3.33. The zero-order chi connectivity index (χ0) is 16.9. The summed E-state index contributed by atoms with van der Waals surface area (Å²) >= 11 is 0. The van der Waals surface area contributed by atoms with E-state index in [1.165, 1.54) is 7.11 Å². The van der Waals surface area contributed by atoms with Crippen molar-refractivity contribution in [2.75, 3.05) is 7.11 Å². The monoisotopic (exact) mass is 323 g/mol. The molecule has 0 aliphatic heterocycles. The molecule has 1 heterocycles. The first kappa shape index (κ1) is 15.9. The number of nitrogens with zero attached hydrogens (tertiary/aromatic N) is 3. The van der Waals surface area contributed by atoms with Crippen LogP contribution < -0.4 is 0 Å². The van der Waals surface area contributed by atoms with Gasteiger partial charge in [-0.25, -0.2) is 4.79 Å². The highest BCUT2D eigenvalue weighted by molar-refractivity contribution is 5.89. The van der Waals surface area contributed by atoms with E-state index in [1.54, 1.807) is 35.2 Å². The first-order valence-electron chi connectivity index (χ1n) is 7.47. The molecule has 122 valence electrons. The van der Waals surface area contributed by atoms with Crippen molar-refractivity contribution in [3.05, 3.63) is 83.4 Å². The fourth-order valence-electron chi connectivity index (χ4n) is 2.45. The third-order valence-corrected chi connectivity index (χ3v) is 3.73. The number of aliphatic hydroxyl groups excluding tert-OH is 1. The zero-order valence-electron chi connectivity index (χ0n) is 13.2. The van der Waals surface area contributed by atoms with Crippen LogP contribution in [-0.2, 0) is 11.3 Å². The van der Waals surface area contributed by atoms with E-state index in [4.69, 9.17) is 0 Å². The summed E-state index contributed by atoms with van der Waals surface area (Å²) in [4.78, 5) is 11.5. The lowest BCUT2D eigenvalue weighted by Gasteiger charge is -2.13. The molecule has 1 atom stereocenters. The van der Waals surface area contributed by atoms with Crippen LogP contribution >= 0.6 is 0 Å². The number of aromatic nitrogens is 3. The first-order valence-corrected chi connectivity index (χ1v) is 7.47. The van der Waals surface area contributed by atoms with Crippen molar-refractivity contribution >= 4 is 5.97 Å². The van der Waals surface area contributed by atoms with Crippen molar-refractivity contribution in [2.45, 2.75) is 12.6 Å². The normalized spacial score (nSPS) is 11.9. The molecule has 0 amide bonds. The minimum atomic E-state index is -0.928. The Morgan fingerprint density at radius 3 is 2.54 bits per heavy atom. The second-order valence-corrected chi connectivity index (χ2v) is 5.32. The van der Waals surface area contributed by atoms with Gasteiger partial charge in [0.25, 0.3) is 0 Å². The maximum atomic E-state index is 11.5. The molecule has 3 aromatic rings. The van der Waals surface area contributed by atoms with E-state index in [9.17, 15) is 9.90 Å². The lowest BCUT2D eigenvalue weighted by Crippen LogP contribution is -2.11. The van der Waals surface area contributed by atoms with E-state index in [1.807, 2.05) is 30.3 Å². The Bertz CT molecular complexity index is 813. The highest BCUT2D eigenvalue weighted by Gasteiger charge is 2.18. The molecule has 0 aliphatic carbocycles. The van der Waals surface area contributed by atoms with E-state index in [2.05, 4.69) is 14.9 Å². The number of esters is 1. The highest BCUT2D eigenvalue weighted by Crippen LogP contribution is 2.21. The molecule has 6 heteroatoms. The van der Waals surface area contributed by atoms with Crippen LogP contribution in [0.5, 0.6) is 0 Å². The van der Waals surface area contributed by atoms with E-state index in [-0.39, 0.29) is 0 Å². The summed E-state index contributed by atoms with van der Waals surface area (Å²) in [5.74, 6) is 0.0351.